The normalized spacial score (nSPS) is 14.9. The molecule has 2 unspecified atom stereocenters. The first kappa shape index (κ1) is 73.1. The number of fused-ring (bicyclic) bond motifs is 12. The van der Waals surface area contributed by atoms with Gasteiger partial charge in [0.15, 0.2) is 11.6 Å². The van der Waals surface area contributed by atoms with Gasteiger partial charge in [-0.05, 0) is 216 Å². The third-order valence-electron chi connectivity index (χ3n) is 27.4. The van der Waals surface area contributed by atoms with Crippen LogP contribution in [0.2, 0.25) is 0 Å². The third-order valence-corrected chi connectivity index (χ3v) is 27.4. The molecular formula is C121H80N4. The van der Waals surface area contributed by atoms with E-state index in [0.29, 0.717) is 11.6 Å². The highest BCUT2D eigenvalue weighted by molar-refractivity contribution is 6.08. The number of hydrogen-bond donors (Lipinski definition) is 0. The van der Waals surface area contributed by atoms with Crippen molar-refractivity contribution in [2.45, 2.75) is 30.1 Å². The molecule has 0 radical (unpaired) electrons. The van der Waals surface area contributed by atoms with E-state index < -0.39 is 5.41 Å². The van der Waals surface area contributed by atoms with Gasteiger partial charge in [0.05, 0.1) is 28.2 Å². The molecule has 3 aliphatic carbocycles. The van der Waals surface area contributed by atoms with Gasteiger partial charge in [0.1, 0.15) is 0 Å². The fraction of sp³-hybridized carbons (Fsp3) is 0.0413. The lowest BCUT2D eigenvalue weighted by molar-refractivity contribution is 0.714. The summed E-state index contributed by atoms with van der Waals surface area (Å²) < 4.78 is 0. The molecule has 19 aromatic carbocycles. The summed E-state index contributed by atoms with van der Waals surface area (Å²) in [6, 6.07) is 165. The van der Waals surface area contributed by atoms with Crippen LogP contribution < -0.4 is 0 Å². The van der Waals surface area contributed by atoms with Crippen LogP contribution in [-0.4, -0.2) is 19.9 Å². The van der Waals surface area contributed by atoms with Gasteiger partial charge in [-0.3, -0.25) is 0 Å². The second-order valence-corrected chi connectivity index (χ2v) is 34.0. The number of rotatable bonds is 14. The molecule has 2 aromatic heterocycles. The minimum atomic E-state index is -0.712. The first-order chi connectivity index (χ1) is 61.7. The molecule has 0 saturated carbocycles. The molecule has 0 spiro atoms. The predicted octanol–water partition coefficient (Wildman–Crippen LogP) is 30.4. The molecule has 2 heterocycles. The summed E-state index contributed by atoms with van der Waals surface area (Å²) in [5.74, 6) is 1.30. The topological polar surface area (TPSA) is 51.6 Å². The maximum absolute atomic E-state index is 5.62. The van der Waals surface area contributed by atoms with Gasteiger partial charge in [-0.1, -0.05) is 413 Å². The highest BCUT2D eigenvalue weighted by atomic mass is 14.9. The van der Waals surface area contributed by atoms with Crippen LogP contribution in [0.5, 0.6) is 0 Å². The molecule has 24 rings (SSSR count). The van der Waals surface area contributed by atoms with Gasteiger partial charge in [-0.25, -0.2) is 19.9 Å². The van der Waals surface area contributed by atoms with Gasteiger partial charge >= 0.3 is 0 Å². The summed E-state index contributed by atoms with van der Waals surface area (Å²) in [5, 5.41) is 6.99. The molecular weight excluding hydrogens is 1510 g/mol. The van der Waals surface area contributed by atoms with E-state index in [2.05, 4.69) is 463 Å². The summed E-state index contributed by atoms with van der Waals surface area (Å²) >= 11 is 0. The minimum Gasteiger partial charge on any atom is -0.228 e. The monoisotopic (exact) mass is 1590 g/mol. The summed E-state index contributed by atoms with van der Waals surface area (Å²) in [6.45, 7) is 4.79. The van der Waals surface area contributed by atoms with E-state index in [-0.39, 0.29) is 10.8 Å². The molecule has 3 aliphatic rings. The summed E-state index contributed by atoms with van der Waals surface area (Å²) in [5.41, 5.74) is 37.3. The Hall–Kier alpha value is -15.9. The average molecular weight is 1590 g/mol. The Bertz CT molecular complexity index is 7850. The van der Waals surface area contributed by atoms with E-state index in [1.807, 2.05) is 0 Å². The Morgan fingerprint density at radius 2 is 0.488 bits per heavy atom. The van der Waals surface area contributed by atoms with E-state index in [4.69, 9.17) is 19.9 Å². The van der Waals surface area contributed by atoms with Crippen molar-refractivity contribution >= 4 is 32.3 Å². The van der Waals surface area contributed by atoms with Gasteiger partial charge < -0.3 is 0 Å². The van der Waals surface area contributed by atoms with Crippen molar-refractivity contribution in [2.24, 2.45) is 0 Å². The maximum atomic E-state index is 5.62. The summed E-state index contributed by atoms with van der Waals surface area (Å²) in [7, 11) is 0. The van der Waals surface area contributed by atoms with E-state index in [0.717, 1.165) is 94.4 Å². The smallest absolute Gasteiger partial charge is 0.160 e. The molecule has 4 heteroatoms. The van der Waals surface area contributed by atoms with Gasteiger partial charge in [-0.2, -0.15) is 0 Å². The molecule has 584 valence electrons. The Labute approximate surface area is 727 Å². The van der Waals surface area contributed by atoms with Crippen LogP contribution in [0.4, 0.5) is 0 Å². The Morgan fingerprint density at radius 3 is 1.02 bits per heavy atom. The van der Waals surface area contributed by atoms with Crippen LogP contribution in [-0.2, 0) is 16.2 Å². The highest BCUT2D eigenvalue weighted by Gasteiger charge is 2.47. The fourth-order valence-electron chi connectivity index (χ4n) is 21.3. The number of hydrogen-bond acceptors (Lipinski definition) is 4. The Kier molecular flexibility index (Phi) is 17.1. The Morgan fingerprint density at radius 1 is 0.160 bits per heavy atom. The summed E-state index contributed by atoms with van der Waals surface area (Å²) in [6.07, 6.45) is 0. The van der Waals surface area contributed by atoms with E-state index >= 15 is 0 Å². The number of benzene rings is 19. The summed E-state index contributed by atoms with van der Waals surface area (Å²) in [4.78, 5) is 22.3. The minimum absolute atomic E-state index is 0.333. The lowest BCUT2D eigenvalue weighted by Crippen LogP contribution is -2.28. The van der Waals surface area contributed by atoms with Crippen LogP contribution >= 0.6 is 0 Å². The van der Waals surface area contributed by atoms with Crippen molar-refractivity contribution in [1.82, 2.24) is 19.9 Å². The lowest BCUT2D eigenvalue weighted by Gasteiger charge is -2.34. The highest BCUT2D eigenvalue weighted by Crippen LogP contribution is 2.60. The number of nitrogens with zero attached hydrogens (tertiary/aromatic N) is 4. The zero-order chi connectivity index (χ0) is 82.9. The van der Waals surface area contributed by atoms with Gasteiger partial charge in [0.2, 0.25) is 0 Å². The Balaban J connectivity index is 0.615. The van der Waals surface area contributed by atoms with Gasteiger partial charge in [0.25, 0.3) is 0 Å². The van der Waals surface area contributed by atoms with Crippen LogP contribution in [0.25, 0.3) is 178 Å². The number of aromatic nitrogens is 4. The first-order valence-electron chi connectivity index (χ1n) is 43.3. The van der Waals surface area contributed by atoms with Gasteiger partial charge in [0, 0.05) is 44.2 Å². The molecule has 21 aromatic rings. The van der Waals surface area contributed by atoms with Crippen LogP contribution in [0.1, 0.15) is 69.5 Å². The largest absolute Gasteiger partial charge is 0.228 e. The molecule has 2 atom stereocenters. The van der Waals surface area contributed by atoms with Crippen LogP contribution in [0.15, 0.2) is 449 Å². The fourth-order valence-corrected chi connectivity index (χ4v) is 21.3. The zero-order valence-electron chi connectivity index (χ0n) is 69.0. The third kappa shape index (κ3) is 11.7. The van der Waals surface area contributed by atoms with Crippen molar-refractivity contribution < 1.29 is 0 Å². The standard InChI is InChI=1S/C121H80N4/c1-119(87-33-10-4-11-34-87)107-49-26-24-46-99(107)101-63-59-84(72-110(101)119)93-66-68-104(97-44-22-20-42-95(93)97)115-75-113(80-55-53-79(54-56-80)92-48-28-32-78-29-18-19-41-91(78)92)122-118(125-115)82-57-51-77(52-58-82)83-62-70-109-106(71-83)103-65-61-86(74-112(103)121(109,89-37-14-6-15-38-89)90-39-16-7-17-40-90)114-76-116(124-117(123-114)81-30-8-3-9-31-81)105-69-67-94(96-43-21-23-45-98(96)105)85-60-64-102-100-47-25-27-50-108(100)120(2,111(102)73-85)88-35-12-5-13-36-88/h3-76H,1-2H3. The molecule has 4 nitrogen and oxygen atoms in total. The van der Waals surface area contributed by atoms with Crippen LogP contribution in [0.3, 0.4) is 0 Å². The second-order valence-electron chi connectivity index (χ2n) is 34.0. The van der Waals surface area contributed by atoms with Crippen molar-refractivity contribution in [3.63, 3.8) is 0 Å². The molecule has 0 amide bonds. The van der Waals surface area contributed by atoms with Crippen LogP contribution in [0, 0.1) is 0 Å². The molecule has 0 fully saturated rings. The molecule has 125 heavy (non-hydrogen) atoms. The van der Waals surface area contributed by atoms with Crippen molar-refractivity contribution in [2.75, 3.05) is 0 Å². The van der Waals surface area contributed by atoms with Crippen molar-refractivity contribution in [3.8, 4) is 146 Å². The zero-order valence-corrected chi connectivity index (χ0v) is 69.0. The van der Waals surface area contributed by atoms with E-state index in [9.17, 15) is 0 Å². The van der Waals surface area contributed by atoms with Crippen molar-refractivity contribution in [1.29, 1.82) is 0 Å². The predicted molar refractivity (Wildman–Crippen MR) is 517 cm³/mol. The quantitative estimate of drug-likeness (QED) is 0.109. The van der Waals surface area contributed by atoms with Gasteiger partial charge in [-0.15, -0.1) is 0 Å². The average Bonchev–Trinajstić information content (AvgIpc) is 1.54. The molecule has 0 aliphatic heterocycles. The molecule has 0 bridgehead atoms. The lowest BCUT2D eigenvalue weighted by atomic mass is 9.67. The SMILES string of the molecule is CC1(c2ccccc2)c2ccccc2-c2ccc(-c3ccc(-c4cc(-c5ccc(-c6cccc7ccccc67)cc5)nc(-c5ccc(-c6ccc7c(c6)-c6ccc(-c8cc(-c9ccc(-c%10ccc%11c(c%10)C(C)(c%10ccccc%10)c%10ccccc%10-%11)c%10ccccc9%10)nc(-c9ccccc9)n8)cc6C7(c6ccccc6)c6ccccc6)cc5)n4)c4ccccc34)cc21. The molecule has 0 N–H and O–H groups in total. The van der Waals surface area contributed by atoms with E-state index in [1.165, 1.54) is 128 Å². The first-order valence-corrected chi connectivity index (χ1v) is 43.3. The van der Waals surface area contributed by atoms with E-state index in [1.54, 1.807) is 0 Å². The maximum Gasteiger partial charge on any atom is 0.160 e. The molecule has 0 saturated heterocycles. The van der Waals surface area contributed by atoms with Crippen molar-refractivity contribution in [3.05, 3.63) is 505 Å². The second kappa shape index (κ2) is 29.2.